The summed E-state index contributed by atoms with van der Waals surface area (Å²) in [6.45, 7) is 2.93. The normalized spacial score (nSPS) is 18.9. The zero-order valence-electron chi connectivity index (χ0n) is 6.78. The second kappa shape index (κ2) is 6.58. The fourth-order valence-electron chi connectivity index (χ4n) is 0.708. The fraction of sp³-hybridized carbons (Fsp3) is 1.00. The standard InChI is InChI=1S/C6H14O3.Na/c1-4(8)6(3-7)5(2)9;/h4-9H,3H2,1-2H3;. The van der Waals surface area contributed by atoms with Gasteiger partial charge < -0.3 is 15.3 Å². The Morgan fingerprint density at radius 3 is 1.40 bits per heavy atom. The van der Waals surface area contributed by atoms with Gasteiger partial charge in [-0.2, -0.15) is 0 Å². The molecular weight excluding hydrogens is 143 g/mol. The first-order valence-corrected chi connectivity index (χ1v) is 3.06. The van der Waals surface area contributed by atoms with E-state index in [0.29, 0.717) is 0 Å². The van der Waals surface area contributed by atoms with E-state index in [-0.39, 0.29) is 36.2 Å². The van der Waals surface area contributed by atoms with Crippen molar-refractivity contribution in [2.45, 2.75) is 26.1 Å². The molecule has 57 valence electrons. The van der Waals surface area contributed by atoms with Crippen molar-refractivity contribution in [2.75, 3.05) is 6.61 Å². The average Bonchev–Trinajstić information content (AvgIpc) is 1.64. The minimum absolute atomic E-state index is 0. The maximum Gasteiger partial charge on any atom is 0.0586 e. The van der Waals surface area contributed by atoms with Crippen LogP contribution in [-0.2, 0) is 0 Å². The third kappa shape index (κ3) is 4.66. The summed E-state index contributed by atoms with van der Waals surface area (Å²) in [5.74, 6) is -0.412. The van der Waals surface area contributed by atoms with Gasteiger partial charge in [0.1, 0.15) is 0 Å². The zero-order chi connectivity index (χ0) is 7.44. The van der Waals surface area contributed by atoms with Crippen LogP contribution in [0.1, 0.15) is 13.8 Å². The number of hydrogen-bond acceptors (Lipinski definition) is 3. The molecule has 2 unspecified atom stereocenters. The second-order valence-corrected chi connectivity index (χ2v) is 2.33. The Labute approximate surface area is 83.4 Å². The van der Waals surface area contributed by atoms with Gasteiger partial charge in [0.2, 0.25) is 0 Å². The second-order valence-electron chi connectivity index (χ2n) is 2.33. The van der Waals surface area contributed by atoms with E-state index in [1.807, 2.05) is 0 Å². The molecule has 0 fully saturated rings. The largest absolute Gasteiger partial charge is 0.396 e. The summed E-state index contributed by atoms with van der Waals surface area (Å²) < 4.78 is 0. The molecule has 0 rings (SSSR count). The molecule has 1 radical (unpaired) electrons. The molecule has 0 heterocycles. The first-order chi connectivity index (χ1) is 4.09. The van der Waals surface area contributed by atoms with Gasteiger partial charge in [-0.1, -0.05) is 0 Å². The van der Waals surface area contributed by atoms with E-state index in [0.717, 1.165) is 0 Å². The predicted octanol–water partition coefficient (Wildman–Crippen LogP) is -1.02. The number of rotatable bonds is 3. The zero-order valence-corrected chi connectivity index (χ0v) is 8.78. The van der Waals surface area contributed by atoms with Crippen LogP contribution in [0.3, 0.4) is 0 Å². The van der Waals surface area contributed by atoms with Crippen LogP contribution in [0.5, 0.6) is 0 Å². The van der Waals surface area contributed by atoms with Crippen molar-refractivity contribution in [3.05, 3.63) is 0 Å². The molecule has 10 heavy (non-hydrogen) atoms. The summed E-state index contributed by atoms with van der Waals surface area (Å²) in [5.41, 5.74) is 0. The molecule has 0 aromatic carbocycles. The van der Waals surface area contributed by atoms with Crippen LogP contribution in [0.4, 0.5) is 0 Å². The van der Waals surface area contributed by atoms with Crippen molar-refractivity contribution in [1.29, 1.82) is 0 Å². The molecular formula is C6H14NaO3. The third-order valence-electron chi connectivity index (χ3n) is 1.45. The van der Waals surface area contributed by atoms with Gasteiger partial charge in [0.05, 0.1) is 18.8 Å². The van der Waals surface area contributed by atoms with Gasteiger partial charge in [0.25, 0.3) is 0 Å². The van der Waals surface area contributed by atoms with Crippen molar-refractivity contribution in [1.82, 2.24) is 0 Å². The Hall–Kier alpha value is 0.880. The van der Waals surface area contributed by atoms with E-state index in [1.165, 1.54) is 0 Å². The Morgan fingerprint density at radius 1 is 1.10 bits per heavy atom. The van der Waals surface area contributed by atoms with E-state index < -0.39 is 18.1 Å². The molecule has 0 aliphatic rings. The summed E-state index contributed by atoms with van der Waals surface area (Å²) in [6.07, 6.45) is -1.29. The van der Waals surface area contributed by atoms with E-state index in [4.69, 9.17) is 15.3 Å². The van der Waals surface area contributed by atoms with Gasteiger partial charge in [-0.15, -0.1) is 0 Å². The quantitative estimate of drug-likeness (QED) is 0.459. The molecule has 2 atom stereocenters. The molecule has 0 saturated carbocycles. The molecule has 0 saturated heterocycles. The molecule has 0 aromatic heterocycles. The fourth-order valence-corrected chi connectivity index (χ4v) is 0.708. The van der Waals surface area contributed by atoms with E-state index in [1.54, 1.807) is 13.8 Å². The summed E-state index contributed by atoms with van der Waals surface area (Å²) in [5, 5.41) is 26.3. The van der Waals surface area contributed by atoms with Crippen LogP contribution in [0.25, 0.3) is 0 Å². The number of aliphatic hydroxyl groups excluding tert-OH is 3. The van der Waals surface area contributed by atoms with Gasteiger partial charge >= 0.3 is 0 Å². The maximum absolute atomic E-state index is 8.86. The summed E-state index contributed by atoms with van der Waals surface area (Å²) in [4.78, 5) is 0. The minimum atomic E-state index is -0.644. The molecule has 0 spiro atoms. The number of hydrogen-bond donors (Lipinski definition) is 3. The molecule has 3 N–H and O–H groups in total. The Balaban J connectivity index is 0. The average molecular weight is 157 g/mol. The molecule has 0 aliphatic carbocycles. The molecule has 0 aliphatic heterocycles. The van der Waals surface area contributed by atoms with E-state index in [2.05, 4.69) is 0 Å². The number of aliphatic hydroxyl groups is 3. The maximum atomic E-state index is 8.86. The van der Waals surface area contributed by atoms with Gasteiger partial charge in [0, 0.05) is 35.5 Å². The monoisotopic (exact) mass is 157 g/mol. The first-order valence-electron chi connectivity index (χ1n) is 3.06. The van der Waals surface area contributed by atoms with Crippen molar-refractivity contribution < 1.29 is 15.3 Å². The molecule has 0 bridgehead atoms. The van der Waals surface area contributed by atoms with Crippen molar-refractivity contribution >= 4 is 29.6 Å². The van der Waals surface area contributed by atoms with Gasteiger partial charge in [-0.05, 0) is 13.8 Å². The summed E-state index contributed by atoms with van der Waals surface area (Å²) in [6, 6.07) is 0. The smallest absolute Gasteiger partial charge is 0.0586 e. The Kier molecular flexibility index (Phi) is 8.86. The van der Waals surface area contributed by atoms with E-state index in [9.17, 15) is 0 Å². The van der Waals surface area contributed by atoms with Crippen LogP contribution in [0.15, 0.2) is 0 Å². The minimum Gasteiger partial charge on any atom is -0.396 e. The van der Waals surface area contributed by atoms with Gasteiger partial charge in [-0.3, -0.25) is 0 Å². The van der Waals surface area contributed by atoms with Crippen molar-refractivity contribution in [2.24, 2.45) is 5.92 Å². The van der Waals surface area contributed by atoms with Crippen LogP contribution < -0.4 is 0 Å². The first kappa shape index (κ1) is 13.5. The SMILES string of the molecule is CC(O)C(CO)C(C)O.[Na]. The third-order valence-corrected chi connectivity index (χ3v) is 1.45. The molecule has 3 nitrogen and oxygen atoms in total. The van der Waals surface area contributed by atoms with Crippen LogP contribution >= 0.6 is 0 Å². The van der Waals surface area contributed by atoms with Crippen LogP contribution in [-0.4, -0.2) is 63.7 Å². The predicted molar refractivity (Wildman–Crippen MR) is 39.7 cm³/mol. The van der Waals surface area contributed by atoms with Gasteiger partial charge in [-0.25, -0.2) is 0 Å². The molecule has 0 aromatic rings. The summed E-state index contributed by atoms with van der Waals surface area (Å²) >= 11 is 0. The Bertz CT molecular complexity index is 67.4. The summed E-state index contributed by atoms with van der Waals surface area (Å²) in [7, 11) is 0. The van der Waals surface area contributed by atoms with Crippen molar-refractivity contribution in [3.63, 3.8) is 0 Å². The molecule has 4 heteroatoms. The Morgan fingerprint density at radius 2 is 1.40 bits per heavy atom. The van der Waals surface area contributed by atoms with Crippen LogP contribution in [0, 0.1) is 5.92 Å². The molecule has 0 amide bonds. The van der Waals surface area contributed by atoms with Gasteiger partial charge in [0.15, 0.2) is 0 Å². The topological polar surface area (TPSA) is 60.7 Å². The van der Waals surface area contributed by atoms with Crippen molar-refractivity contribution in [3.8, 4) is 0 Å². The van der Waals surface area contributed by atoms with Crippen LogP contribution in [0.2, 0.25) is 0 Å². The van der Waals surface area contributed by atoms with E-state index >= 15 is 0 Å².